The third-order valence-electron chi connectivity index (χ3n) is 3.27. The molecule has 2 N–H and O–H groups in total. The van der Waals surface area contributed by atoms with Crippen molar-refractivity contribution in [3.05, 3.63) is 29.6 Å². The molecule has 8 heteroatoms. The molecule has 0 unspecified atom stereocenters. The van der Waals surface area contributed by atoms with Gasteiger partial charge in [0.15, 0.2) is 0 Å². The van der Waals surface area contributed by atoms with E-state index in [1.54, 1.807) is 0 Å². The maximum absolute atomic E-state index is 12.4. The fraction of sp³-hybridized carbons (Fsp3) is 0.500. The van der Waals surface area contributed by atoms with Crippen molar-refractivity contribution in [2.24, 2.45) is 0 Å². The van der Waals surface area contributed by atoms with Crippen LogP contribution < -0.4 is 5.32 Å². The lowest BCUT2D eigenvalue weighted by atomic mass is 10.1. The Labute approximate surface area is 113 Å². The summed E-state index contributed by atoms with van der Waals surface area (Å²) in [5.41, 5.74) is -0.987. The van der Waals surface area contributed by atoms with Crippen LogP contribution in [0.25, 0.3) is 0 Å². The highest BCUT2D eigenvalue weighted by Crippen LogP contribution is 2.27. The van der Waals surface area contributed by atoms with E-state index in [2.05, 4.69) is 10.3 Å². The summed E-state index contributed by atoms with van der Waals surface area (Å²) in [6.45, 7) is 0.824. The summed E-state index contributed by atoms with van der Waals surface area (Å²) in [4.78, 5) is 16.7. The van der Waals surface area contributed by atoms with Crippen LogP contribution in [0.3, 0.4) is 0 Å². The van der Waals surface area contributed by atoms with Gasteiger partial charge in [0.2, 0.25) is 0 Å². The predicted molar refractivity (Wildman–Crippen MR) is 64.0 cm³/mol. The van der Waals surface area contributed by atoms with Crippen LogP contribution in [0.4, 0.5) is 13.2 Å². The molecular formula is C12H14F3N3O2. The number of amides is 1. The molecule has 0 spiro atoms. The number of aliphatic hydroxyl groups is 1. The summed E-state index contributed by atoms with van der Waals surface area (Å²) in [6.07, 6.45) is -4.32. The van der Waals surface area contributed by atoms with Crippen molar-refractivity contribution in [1.29, 1.82) is 0 Å². The molecule has 0 aliphatic carbocycles. The molecule has 1 saturated heterocycles. The summed E-state index contributed by atoms with van der Waals surface area (Å²) in [7, 11) is 1.50. The van der Waals surface area contributed by atoms with Gasteiger partial charge in [0, 0.05) is 26.3 Å². The molecule has 1 aromatic heterocycles. The quantitative estimate of drug-likeness (QED) is 0.832. The first-order chi connectivity index (χ1) is 9.30. The summed E-state index contributed by atoms with van der Waals surface area (Å²) < 4.78 is 37.1. The molecule has 1 amide bonds. The molecule has 1 aliphatic rings. The van der Waals surface area contributed by atoms with Gasteiger partial charge in [-0.1, -0.05) is 0 Å². The van der Waals surface area contributed by atoms with Gasteiger partial charge in [-0.05, 0) is 12.1 Å². The minimum absolute atomic E-state index is 0.0552. The number of carbonyl (C=O) groups is 1. The van der Waals surface area contributed by atoms with Gasteiger partial charge in [0.05, 0.1) is 17.7 Å². The van der Waals surface area contributed by atoms with Gasteiger partial charge in [0.1, 0.15) is 5.69 Å². The van der Waals surface area contributed by atoms with Crippen LogP contribution in [0.5, 0.6) is 0 Å². The zero-order valence-electron chi connectivity index (χ0n) is 10.7. The average molecular weight is 289 g/mol. The van der Waals surface area contributed by atoms with Gasteiger partial charge >= 0.3 is 6.18 Å². The first-order valence-electron chi connectivity index (χ1n) is 6.00. The summed E-state index contributed by atoms with van der Waals surface area (Å²) in [5, 5.41) is 12.6. The second kappa shape index (κ2) is 5.37. The van der Waals surface area contributed by atoms with E-state index >= 15 is 0 Å². The monoisotopic (exact) mass is 289 g/mol. The van der Waals surface area contributed by atoms with E-state index in [4.69, 9.17) is 0 Å². The van der Waals surface area contributed by atoms with Gasteiger partial charge in [-0.25, -0.2) is 0 Å². The number of nitrogens with one attached hydrogen (secondary N) is 1. The lowest BCUT2D eigenvalue weighted by Gasteiger charge is -2.26. The van der Waals surface area contributed by atoms with Crippen LogP contribution in [0, 0.1) is 0 Å². The van der Waals surface area contributed by atoms with Crippen molar-refractivity contribution >= 4 is 5.91 Å². The van der Waals surface area contributed by atoms with Crippen molar-refractivity contribution in [2.75, 3.05) is 20.1 Å². The summed E-state index contributed by atoms with van der Waals surface area (Å²) in [5.74, 6) is -0.473. The SMILES string of the molecule is CN(C(=O)c1ccc(C(F)(F)F)nc1)[C@H]1CNC[C@@H]1O. The first kappa shape index (κ1) is 14.7. The third-order valence-corrected chi connectivity index (χ3v) is 3.27. The Morgan fingerprint density at radius 2 is 2.15 bits per heavy atom. The number of aromatic nitrogens is 1. The molecule has 1 aromatic rings. The maximum Gasteiger partial charge on any atom is 0.433 e. The normalized spacial score (nSPS) is 22.9. The number of likely N-dealkylation sites (N-methyl/N-ethyl adjacent to an activating group) is 1. The van der Waals surface area contributed by atoms with Crippen molar-refractivity contribution in [3.8, 4) is 0 Å². The number of rotatable bonds is 2. The fourth-order valence-electron chi connectivity index (χ4n) is 2.09. The van der Waals surface area contributed by atoms with Crippen LogP contribution >= 0.6 is 0 Å². The lowest BCUT2D eigenvalue weighted by molar-refractivity contribution is -0.141. The average Bonchev–Trinajstić information content (AvgIpc) is 2.82. The molecule has 2 rings (SSSR count). The van der Waals surface area contributed by atoms with E-state index in [9.17, 15) is 23.1 Å². The first-order valence-corrected chi connectivity index (χ1v) is 6.00. The van der Waals surface area contributed by atoms with Crippen molar-refractivity contribution < 1.29 is 23.1 Å². The molecule has 2 heterocycles. The number of hydrogen-bond donors (Lipinski definition) is 2. The number of carbonyl (C=O) groups excluding carboxylic acids is 1. The highest BCUT2D eigenvalue weighted by atomic mass is 19.4. The molecule has 5 nitrogen and oxygen atoms in total. The summed E-state index contributed by atoms with van der Waals surface area (Å²) >= 11 is 0. The minimum Gasteiger partial charge on any atom is -0.390 e. The number of nitrogens with zero attached hydrogens (tertiary/aromatic N) is 2. The van der Waals surface area contributed by atoms with E-state index in [0.717, 1.165) is 18.3 Å². The molecule has 110 valence electrons. The van der Waals surface area contributed by atoms with E-state index in [0.29, 0.717) is 13.1 Å². The number of alkyl halides is 3. The zero-order chi connectivity index (χ0) is 14.9. The summed E-state index contributed by atoms with van der Waals surface area (Å²) in [6, 6.07) is 1.46. The second-order valence-corrected chi connectivity index (χ2v) is 4.64. The standard InChI is InChI=1S/C12H14F3N3O2/c1-18(8-5-16-6-9(8)19)11(20)7-2-3-10(17-4-7)12(13,14)15/h2-4,8-9,16,19H,5-6H2,1H3/t8-,9-/m0/s1. The molecule has 0 saturated carbocycles. The number of β-amino-alcohol motifs (C(OH)–C–C–N with tert-alkyl or cyclic N) is 1. The Bertz CT molecular complexity index is 490. The van der Waals surface area contributed by atoms with Crippen molar-refractivity contribution in [2.45, 2.75) is 18.3 Å². The zero-order valence-corrected chi connectivity index (χ0v) is 10.7. The number of aliphatic hydroxyl groups excluding tert-OH is 1. The van der Waals surface area contributed by atoms with Crippen molar-refractivity contribution in [3.63, 3.8) is 0 Å². The predicted octanol–water partition coefficient (Wildman–Crippen LogP) is 0.505. The number of hydrogen-bond acceptors (Lipinski definition) is 4. The van der Waals surface area contributed by atoms with Crippen molar-refractivity contribution in [1.82, 2.24) is 15.2 Å². The van der Waals surface area contributed by atoms with Crippen LogP contribution in [-0.2, 0) is 6.18 Å². The highest BCUT2D eigenvalue weighted by Gasteiger charge is 2.34. The van der Waals surface area contributed by atoms with Crippen LogP contribution in [0.2, 0.25) is 0 Å². The van der Waals surface area contributed by atoms with Crippen LogP contribution in [-0.4, -0.2) is 53.2 Å². The molecule has 0 aromatic carbocycles. The third kappa shape index (κ3) is 2.91. The van der Waals surface area contributed by atoms with E-state index in [-0.39, 0.29) is 5.56 Å². The Hall–Kier alpha value is -1.67. The molecule has 2 atom stereocenters. The fourth-order valence-corrected chi connectivity index (χ4v) is 2.09. The molecular weight excluding hydrogens is 275 g/mol. The number of halogens is 3. The Morgan fingerprint density at radius 3 is 2.60 bits per heavy atom. The number of pyridine rings is 1. The smallest absolute Gasteiger partial charge is 0.390 e. The largest absolute Gasteiger partial charge is 0.433 e. The van der Waals surface area contributed by atoms with Gasteiger partial charge in [-0.15, -0.1) is 0 Å². The Kier molecular flexibility index (Phi) is 3.96. The van der Waals surface area contributed by atoms with Gasteiger partial charge in [-0.3, -0.25) is 9.78 Å². The van der Waals surface area contributed by atoms with Gasteiger partial charge in [-0.2, -0.15) is 13.2 Å². The second-order valence-electron chi connectivity index (χ2n) is 4.64. The van der Waals surface area contributed by atoms with Gasteiger partial charge < -0.3 is 15.3 Å². The Morgan fingerprint density at radius 1 is 1.45 bits per heavy atom. The maximum atomic E-state index is 12.4. The minimum atomic E-state index is -4.53. The molecule has 20 heavy (non-hydrogen) atoms. The van der Waals surface area contributed by atoms with Crippen LogP contribution in [0.1, 0.15) is 16.1 Å². The Balaban J connectivity index is 2.13. The topological polar surface area (TPSA) is 65.5 Å². The van der Waals surface area contributed by atoms with Crippen LogP contribution in [0.15, 0.2) is 18.3 Å². The van der Waals surface area contributed by atoms with E-state index in [1.165, 1.54) is 11.9 Å². The molecule has 1 aliphatic heterocycles. The van der Waals surface area contributed by atoms with E-state index in [1.807, 2.05) is 0 Å². The highest BCUT2D eigenvalue weighted by molar-refractivity contribution is 5.94. The molecule has 0 bridgehead atoms. The molecule has 0 radical (unpaired) electrons. The molecule has 1 fully saturated rings. The lowest BCUT2D eigenvalue weighted by Crippen LogP contribution is -2.44. The van der Waals surface area contributed by atoms with Gasteiger partial charge in [0.25, 0.3) is 5.91 Å². The van der Waals surface area contributed by atoms with E-state index < -0.39 is 29.9 Å².